The fraction of sp³-hybridized carbons (Fsp3) is 0.929. The van der Waals surface area contributed by atoms with Gasteiger partial charge >= 0.3 is 5.97 Å². The highest BCUT2D eigenvalue weighted by Gasteiger charge is 2.46. The van der Waals surface area contributed by atoms with Gasteiger partial charge in [0.2, 0.25) is 0 Å². The molecule has 1 atom stereocenters. The van der Waals surface area contributed by atoms with Crippen LogP contribution in [0.4, 0.5) is 0 Å². The van der Waals surface area contributed by atoms with E-state index in [0.717, 1.165) is 6.42 Å². The Balaban J connectivity index is 5.28. The van der Waals surface area contributed by atoms with Crippen molar-refractivity contribution in [1.29, 1.82) is 0 Å². The molecule has 0 aliphatic heterocycles. The van der Waals surface area contributed by atoms with Gasteiger partial charge in [0.25, 0.3) is 0 Å². The average molecular weight is 244 g/mol. The highest BCUT2D eigenvalue weighted by atomic mass is 16.5. The van der Waals surface area contributed by atoms with Gasteiger partial charge in [-0.05, 0) is 31.1 Å². The van der Waals surface area contributed by atoms with E-state index in [-0.39, 0.29) is 6.10 Å². The molecule has 0 aromatic carbocycles. The Morgan fingerprint density at radius 1 is 1.18 bits per heavy atom. The second-order valence-electron chi connectivity index (χ2n) is 5.79. The number of rotatable bonds is 8. The minimum absolute atomic E-state index is 0.204. The molecule has 0 aromatic rings. The van der Waals surface area contributed by atoms with E-state index in [1.807, 2.05) is 6.92 Å². The zero-order chi connectivity index (χ0) is 13.6. The van der Waals surface area contributed by atoms with E-state index < -0.39 is 11.4 Å². The standard InChI is InChI=1S/C14H28O3/c1-7-12(17-6)14(13(15)16,8-10(2)3)9-11(4)5/h10-12H,7-9H2,1-6H3,(H,15,16). The number of carboxylic acids is 1. The first kappa shape index (κ1) is 16.4. The maximum absolute atomic E-state index is 11.8. The summed E-state index contributed by atoms with van der Waals surface area (Å²) in [6.07, 6.45) is 1.88. The Kier molecular flexibility index (Phi) is 6.76. The van der Waals surface area contributed by atoms with E-state index in [0.29, 0.717) is 24.7 Å². The third kappa shape index (κ3) is 4.30. The van der Waals surface area contributed by atoms with Gasteiger partial charge in [0, 0.05) is 7.11 Å². The molecule has 0 aromatic heterocycles. The largest absolute Gasteiger partial charge is 0.481 e. The maximum Gasteiger partial charge on any atom is 0.312 e. The van der Waals surface area contributed by atoms with Crippen LogP contribution in [0.15, 0.2) is 0 Å². The molecular weight excluding hydrogens is 216 g/mol. The van der Waals surface area contributed by atoms with Crippen molar-refractivity contribution in [1.82, 2.24) is 0 Å². The van der Waals surface area contributed by atoms with Gasteiger partial charge in [-0.2, -0.15) is 0 Å². The van der Waals surface area contributed by atoms with Crippen molar-refractivity contribution in [3.8, 4) is 0 Å². The van der Waals surface area contributed by atoms with E-state index in [1.165, 1.54) is 0 Å². The number of carbonyl (C=O) groups is 1. The summed E-state index contributed by atoms with van der Waals surface area (Å²) in [6, 6.07) is 0. The predicted octanol–water partition coefficient (Wildman–Crippen LogP) is 3.57. The predicted molar refractivity (Wildman–Crippen MR) is 70.1 cm³/mol. The van der Waals surface area contributed by atoms with Crippen molar-refractivity contribution < 1.29 is 14.6 Å². The minimum atomic E-state index is -0.744. The van der Waals surface area contributed by atoms with E-state index in [4.69, 9.17) is 4.74 Å². The molecule has 0 saturated heterocycles. The highest BCUT2D eigenvalue weighted by Crippen LogP contribution is 2.40. The van der Waals surface area contributed by atoms with Gasteiger partial charge < -0.3 is 9.84 Å². The molecule has 0 radical (unpaired) electrons. The highest BCUT2D eigenvalue weighted by molar-refractivity contribution is 5.75. The first-order chi connectivity index (χ1) is 7.80. The number of ether oxygens (including phenoxy) is 1. The number of hydrogen-bond acceptors (Lipinski definition) is 2. The molecule has 3 heteroatoms. The monoisotopic (exact) mass is 244 g/mol. The Labute approximate surface area is 106 Å². The van der Waals surface area contributed by atoms with Gasteiger partial charge in [0.05, 0.1) is 11.5 Å². The minimum Gasteiger partial charge on any atom is -0.481 e. The van der Waals surface area contributed by atoms with Gasteiger partial charge in [0.15, 0.2) is 0 Å². The molecule has 0 aliphatic rings. The zero-order valence-electron chi connectivity index (χ0n) is 12.1. The number of methoxy groups -OCH3 is 1. The van der Waals surface area contributed by atoms with Crippen LogP contribution in [-0.4, -0.2) is 24.3 Å². The molecule has 0 bridgehead atoms. The maximum atomic E-state index is 11.8. The van der Waals surface area contributed by atoms with Crippen LogP contribution in [0.2, 0.25) is 0 Å². The lowest BCUT2D eigenvalue weighted by Crippen LogP contribution is -2.45. The topological polar surface area (TPSA) is 46.5 Å². The van der Waals surface area contributed by atoms with E-state index in [1.54, 1.807) is 7.11 Å². The molecule has 0 saturated carbocycles. The molecule has 102 valence electrons. The Morgan fingerprint density at radius 3 is 1.76 bits per heavy atom. The van der Waals surface area contributed by atoms with Crippen LogP contribution in [0.25, 0.3) is 0 Å². The SMILES string of the molecule is CCC(OC)C(CC(C)C)(CC(C)C)C(=O)O. The van der Waals surface area contributed by atoms with Crippen molar-refractivity contribution in [3.63, 3.8) is 0 Å². The summed E-state index contributed by atoms with van der Waals surface area (Å²) in [7, 11) is 1.62. The fourth-order valence-electron chi connectivity index (χ4n) is 2.90. The van der Waals surface area contributed by atoms with Crippen LogP contribution in [0.5, 0.6) is 0 Å². The average Bonchev–Trinajstić information content (AvgIpc) is 2.16. The number of aliphatic carboxylic acids is 1. The summed E-state index contributed by atoms with van der Waals surface area (Å²) >= 11 is 0. The molecule has 3 nitrogen and oxygen atoms in total. The van der Waals surface area contributed by atoms with Gasteiger partial charge in [-0.1, -0.05) is 34.6 Å². The number of carboxylic acid groups (broad SMARTS) is 1. The van der Waals surface area contributed by atoms with Crippen LogP contribution in [0.1, 0.15) is 53.9 Å². The van der Waals surface area contributed by atoms with Gasteiger partial charge in [0.1, 0.15) is 0 Å². The molecule has 0 rings (SSSR count). The summed E-state index contributed by atoms with van der Waals surface area (Å²) in [5.74, 6) is -0.00306. The Bertz CT molecular complexity index is 220. The summed E-state index contributed by atoms with van der Waals surface area (Å²) in [5, 5.41) is 9.67. The van der Waals surface area contributed by atoms with Crippen molar-refractivity contribution >= 4 is 5.97 Å². The lowest BCUT2D eigenvalue weighted by molar-refractivity contribution is -0.162. The van der Waals surface area contributed by atoms with Crippen molar-refractivity contribution in [2.24, 2.45) is 17.3 Å². The van der Waals surface area contributed by atoms with Crippen LogP contribution in [0.3, 0.4) is 0 Å². The molecular formula is C14H28O3. The van der Waals surface area contributed by atoms with E-state index >= 15 is 0 Å². The van der Waals surface area contributed by atoms with Gasteiger partial charge in [-0.25, -0.2) is 0 Å². The summed E-state index contributed by atoms with van der Waals surface area (Å²) in [5.41, 5.74) is -0.744. The van der Waals surface area contributed by atoms with Gasteiger partial charge in [-0.3, -0.25) is 4.79 Å². The van der Waals surface area contributed by atoms with Crippen molar-refractivity contribution in [3.05, 3.63) is 0 Å². The van der Waals surface area contributed by atoms with Crippen molar-refractivity contribution in [2.75, 3.05) is 7.11 Å². The Morgan fingerprint density at radius 2 is 1.59 bits per heavy atom. The number of hydrogen-bond donors (Lipinski definition) is 1. The van der Waals surface area contributed by atoms with Crippen LogP contribution >= 0.6 is 0 Å². The summed E-state index contributed by atoms with van der Waals surface area (Å²) < 4.78 is 5.45. The lowest BCUT2D eigenvalue weighted by Gasteiger charge is -2.38. The Hall–Kier alpha value is -0.570. The quantitative estimate of drug-likeness (QED) is 0.710. The first-order valence-electron chi connectivity index (χ1n) is 6.56. The van der Waals surface area contributed by atoms with Crippen LogP contribution in [-0.2, 0) is 9.53 Å². The summed E-state index contributed by atoms with van der Waals surface area (Å²) in [4.78, 5) is 11.8. The van der Waals surface area contributed by atoms with E-state index in [9.17, 15) is 9.90 Å². The molecule has 1 unspecified atom stereocenters. The molecule has 0 amide bonds. The normalized spacial score (nSPS) is 14.4. The summed E-state index contributed by atoms with van der Waals surface area (Å²) in [6.45, 7) is 10.3. The second kappa shape index (κ2) is 7.00. The fourth-order valence-corrected chi connectivity index (χ4v) is 2.90. The molecule has 0 fully saturated rings. The molecule has 0 spiro atoms. The van der Waals surface area contributed by atoms with Gasteiger partial charge in [-0.15, -0.1) is 0 Å². The third-order valence-electron chi connectivity index (χ3n) is 3.24. The second-order valence-corrected chi connectivity index (χ2v) is 5.79. The first-order valence-corrected chi connectivity index (χ1v) is 6.56. The third-order valence-corrected chi connectivity index (χ3v) is 3.24. The van der Waals surface area contributed by atoms with Crippen LogP contribution in [0, 0.1) is 17.3 Å². The van der Waals surface area contributed by atoms with E-state index in [2.05, 4.69) is 27.7 Å². The lowest BCUT2D eigenvalue weighted by atomic mass is 9.69. The molecule has 17 heavy (non-hydrogen) atoms. The molecule has 1 N–H and O–H groups in total. The smallest absolute Gasteiger partial charge is 0.312 e. The molecule has 0 heterocycles. The zero-order valence-corrected chi connectivity index (χ0v) is 12.1. The van der Waals surface area contributed by atoms with Crippen molar-refractivity contribution in [2.45, 2.75) is 60.0 Å². The molecule has 0 aliphatic carbocycles. The van der Waals surface area contributed by atoms with Crippen LogP contribution < -0.4 is 0 Å².